The summed E-state index contributed by atoms with van der Waals surface area (Å²) < 4.78 is 9.54. The highest BCUT2D eigenvalue weighted by Crippen LogP contribution is 2.33. The van der Waals surface area contributed by atoms with Crippen molar-refractivity contribution in [3.05, 3.63) is 33.4 Å². The van der Waals surface area contributed by atoms with Crippen LogP contribution in [-0.2, 0) is 21.3 Å². The van der Waals surface area contributed by atoms with Crippen molar-refractivity contribution in [2.75, 3.05) is 14.2 Å². The number of hydrogen-bond donors (Lipinski definition) is 0. The Labute approximate surface area is 112 Å². The molecule has 0 aliphatic heterocycles. The SMILES string of the molecule is COC(=O)Cc1cc(CBr)c([N+](=O)[O-])c(OC)c1. The van der Waals surface area contributed by atoms with E-state index < -0.39 is 10.9 Å². The average molecular weight is 318 g/mol. The van der Waals surface area contributed by atoms with Crippen LogP contribution in [-0.4, -0.2) is 25.1 Å². The number of hydrogen-bond acceptors (Lipinski definition) is 5. The lowest BCUT2D eigenvalue weighted by Gasteiger charge is -2.08. The number of rotatable bonds is 5. The summed E-state index contributed by atoms with van der Waals surface area (Å²) >= 11 is 3.18. The Bertz CT molecular complexity index is 449. The molecule has 0 heterocycles. The largest absolute Gasteiger partial charge is 0.490 e. The lowest BCUT2D eigenvalue weighted by atomic mass is 10.1. The molecule has 0 aliphatic rings. The maximum atomic E-state index is 11.2. The molecule has 0 aliphatic carbocycles. The lowest BCUT2D eigenvalue weighted by Crippen LogP contribution is -2.06. The number of methoxy groups -OCH3 is 2. The first-order valence-corrected chi connectivity index (χ1v) is 6.12. The molecule has 0 aromatic heterocycles. The fourth-order valence-corrected chi connectivity index (χ4v) is 1.96. The molecule has 0 bridgehead atoms. The van der Waals surface area contributed by atoms with Crippen LogP contribution in [0, 0.1) is 10.1 Å². The molecule has 0 saturated carbocycles. The highest BCUT2D eigenvalue weighted by Gasteiger charge is 2.22. The molecule has 0 atom stereocenters. The molecule has 0 unspecified atom stereocenters. The number of esters is 1. The zero-order valence-electron chi connectivity index (χ0n) is 9.94. The van der Waals surface area contributed by atoms with Crippen LogP contribution in [0.3, 0.4) is 0 Å². The van der Waals surface area contributed by atoms with Gasteiger partial charge in [0.25, 0.3) is 0 Å². The van der Waals surface area contributed by atoms with Gasteiger partial charge in [0, 0.05) is 10.9 Å². The van der Waals surface area contributed by atoms with E-state index >= 15 is 0 Å². The second-order valence-electron chi connectivity index (χ2n) is 3.45. The topological polar surface area (TPSA) is 78.7 Å². The molecule has 0 fully saturated rings. The third kappa shape index (κ3) is 3.19. The van der Waals surface area contributed by atoms with Gasteiger partial charge in [-0.15, -0.1) is 0 Å². The Balaban J connectivity index is 3.26. The Morgan fingerprint density at radius 1 is 1.44 bits per heavy atom. The third-order valence-corrected chi connectivity index (χ3v) is 2.94. The van der Waals surface area contributed by atoms with E-state index in [0.29, 0.717) is 16.5 Å². The van der Waals surface area contributed by atoms with Crippen molar-refractivity contribution >= 4 is 27.6 Å². The molecule has 0 spiro atoms. The van der Waals surface area contributed by atoms with Crippen LogP contribution >= 0.6 is 15.9 Å². The zero-order chi connectivity index (χ0) is 13.7. The van der Waals surface area contributed by atoms with Crippen LogP contribution in [0.5, 0.6) is 5.75 Å². The van der Waals surface area contributed by atoms with Gasteiger partial charge in [-0.1, -0.05) is 15.9 Å². The van der Waals surface area contributed by atoms with Crippen molar-refractivity contribution in [3.8, 4) is 5.75 Å². The summed E-state index contributed by atoms with van der Waals surface area (Å²) in [6.07, 6.45) is 0.0465. The number of carbonyl (C=O) groups excluding carboxylic acids is 1. The van der Waals surface area contributed by atoms with Crippen LogP contribution in [0.2, 0.25) is 0 Å². The molecular weight excluding hydrogens is 306 g/mol. The van der Waals surface area contributed by atoms with E-state index in [1.807, 2.05) is 0 Å². The summed E-state index contributed by atoms with van der Waals surface area (Å²) in [5, 5.41) is 11.3. The van der Waals surface area contributed by atoms with E-state index in [0.717, 1.165) is 0 Å². The number of halogens is 1. The molecule has 0 saturated heterocycles. The van der Waals surface area contributed by atoms with Crippen molar-refractivity contribution in [2.45, 2.75) is 11.8 Å². The highest BCUT2D eigenvalue weighted by atomic mass is 79.9. The van der Waals surface area contributed by atoms with Crippen LogP contribution in [0.15, 0.2) is 12.1 Å². The minimum Gasteiger partial charge on any atom is -0.490 e. The fraction of sp³-hybridized carbons (Fsp3) is 0.364. The van der Waals surface area contributed by atoms with Gasteiger partial charge in [0.2, 0.25) is 0 Å². The predicted octanol–water partition coefficient (Wildman–Crippen LogP) is 2.21. The summed E-state index contributed by atoms with van der Waals surface area (Å²) in [7, 11) is 2.64. The molecule has 1 aromatic carbocycles. The maximum Gasteiger partial charge on any atom is 0.314 e. The standard InChI is InChI=1S/C11H12BrNO5/c1-17-9-4-7(5-10(14)18-2)3-8(6-12)11(9)13(15)16/h3-4H,5-6H2,1-2H3. The van der Waals surface area contributed by atoms with Crippen molar-refractivity contribution in [1.29, 1.82) is 0 Å². The summed E-state index contributed by atoms with van der Waals surface area (Å²) in [5.74, 6) is -0.276. The monoisotopic (exact) mass is 317 g/mol. The number of nitro groups is 1. The summed E-state index contributed by atoms with van der Waals surface area (Å²) in [6, 6.07) is 3.06. The van der Waals surface area contributed by atoms with Crippen LogP contribution < -0.4 is 4.74 Å². The molecule has 1 rings (SSSR count). The van der Waals surface area contributed by atoms with Gasteiger partial charge >= 0.3 is 11.7 Å². The van der Waals surface area contributed by atoms with E-state index in [9.17, 15) is 14.9 Å². The average Bonchev–Trinajstić information content (AvgIpc) is 2.36. The van der Waals surface area contributed by atoms with Crippen LogP contribution in [0.1, 0.15) is 11.1 Å². The van der Waals surface area contributed by atoms with Crippen LogP contribution in [0.25, 0.3) is 0 Å². The first kappa shape index (κ1) is 14.4. The normalized spacial score (nSPS) is 9.94. The molecule has 0 radical (unpaired) electrons. The first-order valence-electron chi connectivity index (χ1n) is 5.00. The number of benzene rings is 1. The smallest absolute Gasteiger partial charge is 0.314 e. The van der Waals surface area contributed by atoms with Crippen molar-refractivity contribution in [2.24, 2.45) is 0 Å². The third-order valence-electron chi connectivity index (χ3n) is 2.34. The Hall–Kier alpha value is -1.63. The van der Waals surface area contributed by atoms with Crippen molar-refractivity contribution < 1.29 is 19.2 Å². The molecular formula is C11H12BrNO5. The molecule has 18 heavy (non-hydrogen) atoms. The Morgan fingerprint density at radius 2 is 2.11 bits per heavy atom. The Kier molecular flexibility index (Phi) is 5.08. The Morgan fingerprint density at radius 3 is 2.56 bits per heavy atom. The van der Waals surface area contributed by atoms with Gasteiger partial charge in [0.05, 0.1) is 25.6 Å². The number of ether oxygens (including phenoxy) is 2. The van der Waals surface area contributed by atoms with Crippen molar-refractivity contribution in [3.63, 3.8) is 0 Å². The van der Waals surface area contributed by atoms with Gasteiger partial charge < -0.3 is 9.47 Å². The molecule has 0 N–H and O–H groups in total. The second kappa shape index (κ2) is 6.34. The predicted molar refractivity (Wildman–Crippen MR) is 68.0 cm³/mol. The van der Waals surface area contributed by atoms with Gasteiger partial charge in [-0.3, -0.25) is 14.9 Å². The van der Waals surface area contributed by atoms with Gasteiger partial charge in [-0.25, -0.2) is 0 Å². The van der Waals surface area contributed by atoms with E-state index in [1.54, 1.807) is 6.07 Å². The van der Waals surface area contributed by atoms with E-state index in [1.165, 1.54) is 20.3 Å². The first-order chi connectivity index (χ1) is 8.53. The number of nitrogens with zero attached hydrogens (tertiary/aromatic N) is 1. The molecule has 6 nitrogen and oxygen atoms in total. The summed E-state index contributed by atoms with van der Waals surface area (Å²) in [6.45, 7) is 0. The summed E-state index contributed by atoms with van der Waals surface area (Å²) in [4.78, 5) is 21.7. The molecule has 0 amide bonds. The molecule has 1 aromatic rings. The van der Waals surface area contributed by atoms with Gasteiger partial charge in [-0.05, 0) is 17.7 Å². The summed E-state index contributed by atoms with van der Waals surface area (Å²) in [5.41, 5.74) is 0.972. The molecule has 7 heteroatoms. The fourth-order valence-electron chi connectivity index (χ4n) is 1.53. The van der Waals surface area contributed by atoms with E-state index in [2.05, 4.69) is 20.7 Å². The van der Waals surface area contributed by atoms with Gasteiger partial charge in [-0.2, -0.15) is 0 Å². The van der Waals surface area contributed by atoms with E-state index in [-0.39, 0.29) is 17.9 Å². The van der Waals surface area contributed by atoms with E-state index in [4.69, 9.17) is 4.74 Å². The van der Waals surface area contributed by atoms with Crippen LogP contribution in [0.4, 0.5) is 5.69 Å². The zero-order valence-corrected chi connectivity index (χ0v) is 11.5. The maximum absolute atomic E-state index is 11.2. The highest BCUT2D eigenvalue weighted by molar-refractivity contribution is 9.08. The second-order valence-corrected chi connectivity index (χ2v) is 4.01. The molecule has 98 valence electrons. The minimum atomic E-state index is -0.503. The minimum absolute atomic E-state index is 0.0465. The quantitative estimate of drug-likeness (QED) is 0.360. The lowest BCUT2D eigenvalue weighted by molar-refractivity contribution is -0.386. The van der Waals surface area contributed by atoms with Gasteiger partial charge in [0.1, 0.15) is 0 Å². The number of carbonyl (C=O) groups is 1. The van der Waals surface area contributed by atoms with Crippen molar-refractivity contribution in [1.82, 2.24) is 0 Å². The number of alkyl halides is 1. The van der Waals surface area contributed by atoms with Gasteiger partial charge in [0.15, 0.2) is 5.75 Å². The number of nitro benzene ring substituents is 1.